The minimum Gasteiger partial charge on any atom is -0.464 e. The van der Waals surface area contributed by atoms with Crippen LogP contribution in [0.1, 0.15) is 61.3 Å². The summed E-state index contributed by atoms with van der Waals surface area (Å²) in [6.07, 6.45) is 5.87. The molecule has 0 saturated heterocycles. The van der Waals surface area contributed by atoms with E-state index >= 15 is 0 Å². The molecular weight excluding hydrogens is 258 g/mol. The zero-order valence-corrected chi connectivity index (χ0v) is 12.5. The maximum Gasteiger partial charge on any atom is 0.360 e. The Morgan fingerprint density at radius 1 is 1.35 bits per heavy atom. The van der Waals surface area contributed by atoms with Crippen molar-refractivity contribution in [1.82, 2.24) is 15.0 Å². The van der Waals surface area contributed by atoms with Gasteiger partial charge in [0, 0.05) is 7.11 Å². The highest BCUT2D eigenvalue weighted by molar-refractivity contribution is 5.88. The molecule has 1 heterocycles. The van der Waals surface area contributed by atoms with Crippen LogP contribution >= 0.6 is 0 Å². The molecule has 6 nitrogen and oxygen atoms in total. The van der Waals surface area contributed by atoms with Crippen molar-refractivity contribution >= 4 is 5.97 Å². The number of methoxy groups -OCH3 is 2. The van der Waals surface area contributed by atoms with E-state index in [2.05, 4.69) is 17.2 Å². The third-order valence-electron chi connectivity index (χ3n) is 4.16. The molecule has 2 rings (SSSR count). The average molecular weight is 281 g/mol. The third kappa shape index (κ3) is 2.85. The van der Waals surface area contributed by atoms with Gasteiger partial charge < -0.3 is 9.47 Å². The van der Waals surface area contributed by atoms with E-state index in [4.69, 9.17) is 9.47 Å². The molecule has 6 heteroatoms. The predicted molar refractivity (Wildman–Crippen MR) is 73.4 cm³/mol. The molecule has 1 aliphatic rings. The normalized spacial score (nSPS) is 22.8. The number of nitrogens with zero attached hydrogens (tertiary/aromatic N) is 3. The summed E-state index contributed by atoms with van der Waals surface area (Å²) in [5.74, 6) is 0.138. The molecule has 1 aromatic heterocycles. The van der Waals surface area contributed by atoms with Gasteiger partial charge in [-0.05, 0) is 18.8 Å². The van der Waals surface area contributed by atoms with Gasteiger partial charge in [-0.2, -0.15) is 0 Å². The van der Waals surface area contributed by atoms with Gasteiger partial charge in [0.1, 0.15) is 0 Å². The molecule has 1 aliphatic carbocycles. The molecule has 2 unspecified atom stereocenters. The van der Waals surface area contributed by atoms with Crippen molar-refractivity contribution in [3.63, 3.8) is 0 Å². The number of hydrogen-bond acceptors (Lipinski definition) is 5. The highest BCUT2D eigenvalue weighted by atomic mass is 16.5. The average Bonchev–Trinajstić information content (AvgIpc) is 2.90. The van der Waals surface area contributed by atoms with E-state index in [1.165, 1.54) is 26.4 Å². The van der Waals surface area contributed by atoms with Gasteiger partial charge in [-0.1, -0.05) is 31.4 Å². The van der Waals surface area contributed by atoms with Gasteiger partial charge in [-0.3, -0.25) is 0 Å². The Kier molecular flexibility index (Phi) is 5.11. The zero-order valence-electron chi connectivity index (χ0n) is 12.5. The number of hydrogen-bond donors (Lipinski definition) is 0. The predicted octanol–water partition coefficient (Wildman–Crippen LogP) is 2.35. The van der Waals surface area contributed by atoms with Crippen molar-refractivity contribution in [3.8, 4) is 0 Å². The Bertz CT molecular complexity index is 459. The van der Waals surface area contributed by atoms with Crippen LogP contribution in [-0.2, 0) is 16.1 Å². The summed E-state index contributed by atoms with van der Waals surface area (Å²) in [4.78, 5) is 11.8. The summed E-state index contributed by atoms with van der Waals surface area (Å²) in [7, 11) is 2.96. The van der Waals surface area contributed by atoms with E-state index in [1.54, 1.807) is 7.11 Å². The van der Waals surface area contributed by atoms with Crippen molar-refractivity contribution in [2.45, 2.75) is 51.7 Å². The lowest BCUT2D eigenvalue weighted by Crippen LogP contribution is -2.26. The number of aromatic nitrogens is 3. The van der Waals surface area contributed by atoms with Crippen molar-refractivity contribution < 1.29 is 14.3 Å². The van der Waals surface area contributed by atoms with E-state index < -0.39 is 5.97 Å². The fraction of sp³-hybridized carbons (Fsp3) is 0.786. The van der Waals surface area contributed by atoms with Crippen LogP contribution in [0.25, 0.3) is 0 Å². The SMILES string of the molecule is CCC1CCCCC1n1nnc(C(=O)OC)c1COC. The number of esters is 1. The highest BCUT2D eigenvalue weighted by Gasteiger charge is 2.30. The molecule has 112 valence electrons. The molecule has 0 N–H and O–H groups in total. The molecule has 0 aromatic carbocycles. The Balaban J connectivity index is 2.34. The van der Waals surface area contributed by atoms with Crippen LogP contribution < -0.4 is 0 Å². The topological polar surface area (TPSA) is 66.2 Å². The summed E-state index contributed by atoms with van der Waals surface area (Å²) in [6.45, 7) is 2.53. The first kappa shape index (κ1) is 15.0. The minimum atomic E-state index is -0.452. The molecule has 1 aromatic rings. The Morgan fingerprint density at radius 2 is 2.10 bits per heavy atom. The minimum absolute atomic E-state index is 0.273. The molecular formula is C14H23N3O3. The maximum absolute atomic E-state index is 11.8. The molecule has 0 spiro atoms. The van der Waals surface area contributed by atoms with Crippen LogP contribution in [0.2, 0.25) is 0 Å². The number of carbonyl (C=O) groups is 1. The van der Waals surface area contributed by atoms with Gasteiger partial charge in [-0.25, -0.2) is 9.48 Å². The van der Waals surface area contributed by atoms with Crippen molar-refractivity contribution in [3.05, 3.63) is 11.4 Å². The van der Waals surface area contributed by atoms with Gasteiger partial charge in [0.2, 0.25) is 0 Å². The molecule has 0 aliphatic heterocycles. The summed E-state index contributed by atoms with van der Waals surface area (Å²) in [6, 6.07) is 0.310. The molecule has 1 fully saturated rings. The van der Waals surface area contributed by atoms with Gasteiger partial charge in [0.15, 0.2) is 5.69 Å². The first-order valence-electron chi connectivity index (χ1n) is 7.24. The summed E-state index contributed by atoms with van der Waals surface area (Å²) >= 11 is 0. The van der Waals surface area contributed by atoms with E-state index in [9.17, 15) is 4.79 Å². The zero-order chi connectivity index (χ0) is 14.5. The first-order valence-corrected chi connectivity index (χ1v) is 7.24. The fourth-order valence-corrected chi connectivity index (χ4v) is 3.09. The van der Waals surface area contributed by atoms with E-state index in [-0.39, 0.29) is 5.69 Å². The standard InChI is InChI=1S/C14H23N3O3/c1-4-10-7-5-6-8-11(10)17-12(9-19-2)13(15-16-17)14(18)20-3/h10-11H,4-9H2,1-3H3. The van der Waals surface area contributed by atoms with Crippen molar-refractivity contribution in [2.24, 2.45) is 5.92 Å². The molecule has 2 atom stereocenters. The summed E-state index contributed by atoms with van der Waals surface area (Å²) in [5.41, 5.74) is 1.000. The maximum atomic E-state index is 11.8. The van der Waals surface area contributed by atoms with Crippen LogP contribution in [0.4, 0.5) is 0 Å². The summed E-state index contributed by atoms with van der Waals surface area (Å²) < 4.78 is 11.9. The summed E-state index contributed by atoms with van der Waals surface area (Å²) in [5, 5.41) is 8.22. The molecule has 0 bridgehead atoms. The van der Waals surface area contributed by atoms with E-state index in [0.717, 1.165) is 18.5 Å². The second kappa shape index (κ2) is 6.83. The molecule has 1 saturated carbocycles. The molecule has 20 heavy (non-hydrogen) atoms. The van der Waals surface area contributed by atoms with Crippen LogP contribution in [-0.4, -0.2) is 35.2 Å². The molecule has 0 radical (unpaired) electrons. The van der Waals surface area contributed by atoms with Gasteiger partial charge >= 0.3 is 5.97 Å². The van der Waals surface area contributed by atoms with Crippen LogP contribution in [0.5, 0.6) is 0 Å². The highest BCUT2D eigenvalue weighted by Crippen LogP contribution is 2.36. The fourth-order valence-electron chi connectivity index (χ4n) is 3.09. The number of carbonyl (C=O) groups excluding carboxylic acids is 1. The molecule has 0 amide bonds. The van der Waals surface area contributed by atoms with Crippen molar-refractivity contribution in [2.75, 3.05) is 14.2 Å². The van der Waals surface area contributed by atoms with Crippen LogP contribution in [0, 0.1) is 5.92 Å². The lowest BCUT2D eigenvalue weighted by atomic mass is 9.83. The second-order valence-corrected chi connectivity index (χ2v) is 5.27. The largest absolute Gasteiger partial charge is 0.464 e. The number of ether oxygens (including phenoxy) is 2. The van der Waals surface area contributed by atoms with E-state index in [1.807, 2.05) is 4.68 Å². The second-order valence-electron chi connectivity index (χ2n) is 5.27. The van der Waals surface area contributed by atoms with E-state index in [0.29, 0.717) is 18.6 Å². The number of rotatable bonds is 5. The Hall–Kier alpha value is -1.43. The van der Waals surface area contributed by atoms with Crippen LogP contribution in [0.3, 0.4) is 0 Å². The quantitative estimate of drug-likeness (QED) is 0.775. The Morgan fingerprint density at radius 3 is 2.75 bits per heavy atom. The lowest BCUT2D eigenvalue weighted by molar-refractivity contribution is 0.0587. The van der Waals surface area contributed by atoms with Gasteiger partial charge in [-0.15, -0.1) is 5.10 Å². The monoisotopic (exact) mass is 281 g/mol. The lowest BCUT2D eigenvalue weighted by Gasteiger charge is -2.31. The van der Waals surface area contributed by atoms with Crippen LogP contribution in [0.15, 0.2) is 0 Å². The third-order valence-corrected chi connectivity index (χ3v) is 4.16. The Labute approximate surface area is 119 Å². The van der Waals surface area contributed by atoms with Gasteiger partial charge in [0.05, 0.1) is 25.5 Å². The van der Waals surface area contributed by atoms with Crippen molar-refractivity contribution in [1.29, 1.82) is 0 Å². The smallest absolute Gasteiger partial charge is 0.360 e. The first-order chi connectivity index (χ1) is 9.72. The van der Waals surface area contributed by atoms with Gasteiger partial charge in [0.25, 0.3) is 0 Å².